The number of carbonyl (C=O) groups is 1. The molecule has 0 unspecified atom stereocenters. The molecule has 0 fully saturated rings. The van der Waals surface area contributed by atoms with Gasteiger partial charge in [-0.05, 0) is 32.9 Å². The number of alkyl halides is 3. The second kappa shape index (κ2) is 9.53. The molecule has 0 aromatic carbocycles. The molecule has 0 N–H and O–H groups in total. The lowest BCUT2D eigenvalue weighted by Gasteiger charge is -2.21. The molecule has 110 valence electrons. The summed E-state index contributed by atoms with van der Waals surface area (Å²) in [6.45, 7) is 9.29. The van der Waals surface area contributed by atoms with Crippen LogP contribution in [-0.4, -0.2) is 29.3 Å². The van der Waals surface area contributed by atoms with E-state index in [1.807, 2.05) is 13.8 Å². The Morgan fingerprint density at radius 3 is 2.11 bits per heavy atom. The van der Waals surface area contributed by atoms with Gasteiger partial charge >= 0.3 is 12.1 Å². The van der Waals surface area contributed by atoms with Crippen LogP contribution in [0.3, 0.4) is 0 Å². The van der Waals surface area contributed by atoms with Crippen LogP contribution in [0.1, 0.15) is 47.5 Å². The zero-order chi connectivity index (χ0) is 14.8. The highest BCUT2D eigenvalue weighted by molar-refractivity contribution is 8.01. The Balaban J connectivity index is 0. The van der Waals surface area contributed by atoms with E-state index in [1.54, 1.807) is 20.8 Å². The zero-order valence-electron chi connectivity index (χ0n) is 11.7. The molecule has 0 spiro atoms. The van der Waals surface area contributed by atoms with E-state index < -0.39 is 17.3 Å². The van der Waals surface area contributed by atoms with E-state index in [2.05, 4.69) is 0 Å². The molecule has 0 saturated carbocycles. The maximum atomic E-state index is 11.9. The lowest BCUT2D eigenvalue weighted by Crippen LogP contribution is -2.30. The van der Waals surface area contributed by atoms with Crippen molar-refractivity contribution < 1.29 is 22.7 Å². The second-order valence-corrected chi connectivity index (χ2v) is 5.52. The largest absolute Gasteiger partial charge is 0.465 e. The quantitative estimate of drug-likeness (QED) is 0.534. The van der Waals surface area contributed by atoms with E-state index in [0.29, 0.717) is 5.75 Å². The Bertz CT molecular complexity index is 228. The molecule has 0 amide bonds. The molecule has 0 rings (SSSR count). The fraction of sp³-hybridized carbons (Fsp3) is 0.917. The molecule has 18 heavy (non-hydrogen) atoms. The highest BCUT2D eigenvalue weighted by Gasteiger charge is 2.31. The summed E-state index contributed by atoms with van der Waals surface area (Å²) in [4.78, 5) is 11.4. The minimum Gasteiger partial charge on any atom is -0.465 e. The molecular formula is C12H23F3O2S. The molecule has 0 atom stereocenters. The van der Waals surface area contributed by atoms with Crippen molar-refractivity contribution in [2.45, 2.75) is 58.4 Å². The zero-order valence-corrected chi connectivity index (χ0v) is 12.5. The number of ether oxygens (including phenoxy) is 1. The molecule has 6 heteroatoms. The summed E-state index contributed by atoms with van der Waals surface area (Å²) in [5.74, 6) is -0.0855. The first-order chi connectivity index (χ1) is 8.19. The van der Waals surface area contributed by atoms with Gasteiger partial charge in [0.25, 0.3) is 0 Å². The van der Waals surface area contributed by atoms with Gasteiger partial charge in [-0.25, -0.2) is 0 Å². The number of thioether (sulfide) groups is 1. The first-order valence-electron chi connectivity index (χ1n) is 6.07. The summed E-state index contributed by atoms with van der Waals surface area (Å²) in [6.07, 6.45) is -4.90. The van der Waals surface area contributed by atoms with Gasteiger partial charge in [0.15, 0.2) is 0 Å². The topological polar surface area (TPSA) is 26.3 Å². The van der Waals surface area contributed by atoms with Crippen LogP contribution in [0.25, 0.3) is 0 Å². The molecule has 0 saturated heterocycles. The summed E-state index contributed by atoms with van der Waals surface area (Å²) in [5, 5.41) is 0. The van der Waals surface area contributed by atoms with E-state index in [9.17, 15) is 18.0 Å². The van der Waals surface area contributed by atoms with Crippen molar-refractivity contribution >= 4 is 17.7 Å². The predicted molar refractivity (Wildman–Crippen MR) is 69.8 cm³/mol. The SMILES string of the molecule is CC.CCOC(=O)C(C)(C)SCCCC(F)(F)F. The van der Waals surface area contributed by atoms with Crippen LogP contribution in [-0.2, 0) is 9.53 Å². The van der Waals surface area contributed by atoms with Gasteiger partial charge in [0.1, 0.15) is 4.75 Å². The van der Waals surface area contributed by atoms with E-state index in [-0.39, 0.29) is 19.0 Å². The smallest absolute Gasteiger partial charge is 0.389 e. The summed E-state index contributed by atoms with van der Waals surface area (Å²) >= 11 is 1.19. The highest BCUT2D eigenvalue weighted by Crippen LogP contribution is 2.29. The number of esters is 1. The van der Waals surface area contributed by atoms with Gasteiger partial charge in [0.2, 0.25) is 0 Å². The fourth-order valence-electron chi connectivity index (χ4n) is 0.964. The Morgan fingerprint density at radius 2 is 1.72 bits per heavy atom. The van der Waals surface area contributed by atoms with Gasteiger partial charge in [-0.2, -0.15) is 13.2 Å². The third kappa shape index (κ3) is 10.7. The Kier molecular flexibility index (Phi) is 10.6. The van der Waals surface area contributed by atoms with Gasteiger partial charge in [-0.1, -0.05) is 13.8 Å². The number of rotatable bonds is 6. The second-order valence-electron chi connectivity index (χ2n) is 3.80. The predicted octanol–water partition coefficient (Wildman–Crippen LogP) is 4.43. The average Bonchev–Trinajstić information content (AvgIpc) is 2.26. The van der Waals surface area contributed by atoms with Crippen molar-refractivity contribution in [3.8, 4) is 0 Å². The monoisotopic (exact) mass is 288 g/mol. The Morgan fingerprint density at radius 1 is 1.22 bits per heavy atom. The first kappa shape index (κ1) is 19.9. The van der Waals surface area contributed by atoms with E-state index >= 15 is 0 Å². The minimum atomic E-state index is -4.12. The molecule has 0 aliphatic heterocycles. The van der Waals surface area contributed by atoms with Gasteiger partial charge in [0.05, 0.1) is 6.61 Å². The molecular weight excluding hydrogens is 265 g/mol. The van der Waals surface area contributed by atoms with Gasteiger partial charge in [-0.15, -0.1) is 11.8 Å². The maximum Gasteiger partial charge on any atom is 0.389 e. The summed E-state index contributed by atoms with van der Waals surface area (Å²) in [7, 11) is 0. The van der Waals surface area contributed by atoms with Crippen molar-refractivity contribution in [1.29, 1.82) is 0 Å². The van der Waals surface area contributed by atoms with Crippen LogP contribution >= 0.6 is 11.8 Å². The van der Waals surface area contributed by atoms with Crippen molar-refractivity contribution in [2.75, 3.05) is 12.4 Å². The van der Waals surface area contributed by atoms with Crippen molar-refractivity contribution in [3.63, 3.8) is 0 Å². The summed E-state index contributed by atoms with van der Waals surface area (Å²) in [5.41, 5.74) is 0. The lowest BCUT2D eigenvalue weighted by molar-refractivity contribution is -0.145. The van der Waals surface area contributed by atoms with Crippen LogP contribution in [0.5, 0.6) is 0 Å². The number of hydrogen-bond donors (Lipinski definition) is 0. The van der Waals surface area contributed by atoms with Gasteiger partial charge in [-0.3, -0.25) is 4.79 Å². The van der Waals surface area contributed by atoms with Crippen molar-refractivity contribution in [1.82, 2.24) is 0 Å². The molecule has 0 heterocycles. The third-order valence-electron chi connectivity index (χ3n) is 1.83. The first-order valence-corrected chi connectivity index (χ1v) is 7.05. The van der Waals surface area contributed by atoms with Crippen LogP contribution < -0.4 is 0 Å². The van der Waals surface area contributed by atoms with E-state index in [4.69, 9.17) is 4.74 Å². The normalized spacial score (nSPS) is 11.6. The number of hydrogen-bond acceptors (Lipinski definition) is 3. The van der Waals surface area contributed by atoms with E-state index in [0.717, 1.165) is 0 Å². The molecule has 2 nitrogen and oxygen atoms in total. The Labute approximate surface area is 112 Å². The number of carbonyl (C=O) groups excluding carboxylic acids is 1. The molecule has 0 aliphatic carbocycles. The lowest BCUT2D eigenvalue weighted by atomic mass is 10.2. The van der Waals surface area contributed by atoms with Crippen molar-refractivity contribution in [2.24, 2.45) is 0 Å². The Hall–Kier alpha value is -0.390. The standard InChI is InChI=1S/C10H17F3O2S.C2H6/c1-4-15-8(14)9(2,3)16-7-5-6-10(11,12)13;1-2/h4-7H2,1-3H3;1-2H3. The molecule has 0 aliphatic rings. The van der Waals surface area contributed by atoms with E-state index in [1.165, 1.54) is 11.8 Å². The molecule has 0 bridgehead atoms. The third-order valence-corrected chi connectivity index (χ3v) is 3.22. The van der Waals surface area contributed by atoms with Crippen LogP contribution in [0, 0.1) is 0 Å². The van der Waals surface area contributed by atoms with Gasteiger partial charge in [0, 0.05) is 6.42 Å². The minimum absolute atomic E-state index is 0.0248. The summed E-state index contributed by atoms with van der Waals surface area (Å²) in [6, 6.07) is 0. The van der Waals surface area contributed by atoms with Crippen LogP contribution in [0.4, 0.5) is 13.2 Å². The van der Waals surface area contributed by atoms with Crippen LogP contribution in [0.15, 0.2) is 0 Å². The molecule has 0 aromatic heterocycles. The summed E-state index contributed by atoms with van der Waals surface area (Å²) < 4.78 is 39.6. The van der Waals surface area contributed by atoms with Crippen LogP contribution in [0.2, 0.25) is 0 Å². The highest BCUT2D eigenvalue weighted by atomic mass is 32.2. The van der Waals surface area contributed by atoms with Gasteiger partial charge < -0.3 is 4.74 Å². The number of halogens is 3. The maximum absolute atomic E-state index is 11.9. The molecule has 0 aromatic rings. The average molecular weight is 288 g/mol. The molecule has 0 radical (unpaired) electrons. The fourth-order valence-corrected chi connectivity index (χ4v) is 1.94. The van der Waals surface area contributed by atoms with Crippen molar-refractivity contribution in [3.05, 3.63) is 0 Å².